The van der Waals surface area contributed by atoms with Gasteiger partial charge in [0, 0.05) is 38.1 Å². The molecule has 0 saturated carbocycles. The van der Waals surface area contributed by atoms with E-state index in [1.807, 2.05) is 0 Å². The third-order valence-electron chi connectivity index (χ3n) is 3.69. The molecule has 6 nitrogen and oxygen atoms in total. The van der Waals surface area contributed by atoms with Crippen LogP contribution in [0.3, 0.4) is 0 Å². The van der Waals surface area contributed by atoms with Crippen molar-refractivity contribution in [3.63, 3.8) is 0 Å². The number of benzene rings is 1. The molecule has 2 amide bonds. The lowest BCUT2D eigenvalue weighted by Crippen LogP contribution is -2.50. The Hall–Kier alpha value is -1.79. The first-order valence-electron chi connectivity index (χ1n) is 7.67. The minimum atomic E-state index is -0.0269. The molecule has 1 N–H and O–H groups in total. The molecule has 7 heteroatoms. The van der Waals surface area contributed by atoms with Crippen molar-refractivity contribution in [1.82, 2.24) is 15.1 Å². The van der Waals surface area contributed by atoms with E-state index in [2.05, 4.69) is 10.2 Å². The summed E-state index contributed by atoms with van der Waals surface area (Å²) in [6.45, 7) is 5.61. The van der Waals surface area contributed by atoms with E-state index in [1.54, 1.807) is 36.1 Å². The molecule has 126 valence electrons. The summed E-state index contributed by atoms with van der Waals surface area (Å²) in [7, 11) is 0. The Bertz CT molecular complexity index is 528. The zero-order chi connectivity index (χ0) is 16.7. The highest BCUT2D eigenvalue weighted by Gasteiger charge is 2.19. The van der Waals surface area contributed by atoms with Gasteiger partial charge in [-0.3, -0.25) is 14.5 Å². The van der Waals surface area contributed by atoms with Crippen LogP contribution >= 0.6 is 11.6 Å². The van der Waals surface area contributed by atoms with Crippen molar-refractivity contribution < 1.29 is 14.3 Å². The van der Waals surface area contributed by atoms with E-state index in [0.717, 1.165) is 18.8 Å². The van der Waals surface area contributed by atoms with Crippen molar-refractivity contribution in [2.45, 2.75) is 6.92 Å². The number of carbonyl (C=O) groups is 2. The highest BCUT2D eigenvalue weighted by Crippen LogP contribution is 2.15. The van der Waals surface area contributed by atoms with Gasteiger partial charge in [0.15, 0.2) is 0 Å². The summed E-state index contributed by atoms with van der Waals surface area (Å²) in [5.74, 6) is 0.790. The average Bonchev–Trinajstić information content (AvgIpc) is 2.54. The Morgan fingerprint density at radius 2 is 1.83 bits per heavy atom. The maximum Gasteiger partial charge on any atom is 0.234 e. The van der Waals surface area contributed by atoms with Gasteiger partial charge in [-0.05, 0) is 24.3 Å². The molecule has 1 aromatic rings. The van der Waals surface area contributed by atoms with Crippen LogP contribution in [0.25, 0.3) is 0 Å². The van der Waals surface area contributed by atoms with Gasteiger partial charge in [0.25, 0.3) is 0 Å². The molecule has 23 heavy (non-hydrogen) atoms. The summed E-state index contributed by atoms with van der Waals surface area (Å²) in [4.78, 5) is 27.0. The van der Waals surface area contributed by atoms with Gasteiger partial charge in [-0.2, -0.15) is 0 Å². The Kier molecular flexibility index (Phi) is 6.67. The van der Waals surface area contributed by atoms with Crippen LogP contribution in [0.4, 0.5) is 0 Å². The molecule has 1 fully saturated rings. The quantitative estimate of drug-likeness (QED) is 0.785. The predicted octanol–water partition coefficient (Wildman–Crippen LogP) is 0.999. The van der Waals surface area contributed by atoms with Crippen LogP contribution < -0.4 is 10.1 Å². The molecule has 2 rings (SSSR count). The molecule has 0 bridgehead atoms. The molecule has 0 atom stereocenters. The van der Waals surface area contributed by atoms with Gasteiger partial charge in [0.05, 0.1) is 13.1 Å². The maximum atomic E-state index is 11.9. The number of ether oxygens (including phenoxy) is 1. The summed E-state index contributed by atoms with van der Waals surface area (Å²) in [6, 6.07) is 7.10. The third-order valence-corrected chi connectivity index (χ3v) is 3.94. The predicted molar refractivity (Wildman–Crippen MR) is 88.7 cm³/mol. The van der Waals surface area contributed by atoms with Gasteiger partial charge < -0.3 is 15.0 Å². The van der Waals surface area contributed by atoms with Crippen LogP contribution in [0.5, 0.6) is 5.75 Å². The molecule has 0 spiro atoms. The van der Waals surface area contributed by atoms with Gasteiger partial charge in [0.2, 0.25) is 11.8 Å². The summed E-state index contributed by atoms with van der Waals surface area (Å²) >= 11 is 5.79. The fraction of sp³-hybridized carbons (Fsp3) is 0.500. The van der Waals surface area contributed by atoms with Crippen molar-refractivity contribution in [2.75, 3.05) is 45.9 Å². The largest absolute Gasteiger partial charge is 0.492 e. The number of rotatable bonds is 6. The lowest BCUT2D eigenvalue weighted by molar-refractivity contribution is -0.131. The minimum absolute atomic E-state index is 0.0269. The summed E-state index contributed by atoms with van der Waals surface area (Å²) in [5.41, 5.74) is 0. The van der Waals surface area contributed by atoms with Gasteiger partial charge in [-0.15, -0.1) is 0 Å². The van der Waals surface area contributed by atoms with E-state index >= 15 is 0 Å². The summed E-state index contributed by atoms with van der Waals surface area (Å²) in [5, 5.41) is 3.50. The zero-order valence-electron chi connectivity index (χ0n) is 13.3. The number of hydrogen-bond donors (Lipinski definition) is 1. The van der Waals surface area contributed by atoms with Crippen molar-refractivity contribution in [3.05, 3.63) is 29.3 Å². The maximum absolute atomic E-state index is 11.9. The Balaban J connectivity index is 1.58. The molecule has 0 aromatic heterocycles. The van der Waals surface area contributed by atoms with Gasteiger partial charge in [-0.1, -0.05) is 11.6 Å². The standard InChI is InChI=1S/C16H22ClN3O3/c1-13(21)20-9-7-19(8-10-20)12-16(22)18-6-11-23-15-4-2-14(17)3-5-15/h2-5H,6-12H2,1H3,(H,18,22). The minimum Gasteiger partial charge on any atom is -0.492 e. The highest BCUT2D eigenvalue weighted by atomic mass is 35.5. The van der Waals surface area contributed by atoms with Crippen LogP contribution in [-0.4, -0.2) is 67.5 Å². The molecule has 1 aliphatic rings. The van der Waals surface area contributed by atoms with E-state index in [-0.39, 0.29) is 11.8 Å². The lowest BCUT2D eigenvalue weighted by atomic mass is 10.3. The Labute approximate surface area is 141 Å². The SMILES string of the molecule is CC(=O)N1CCN(CC(=O)NCCOc2ccc(Cl)cc2)CC1. The average molecular weight is 340 g/mol. The lowest BCUT2D eigenvalue weighted by Gasteiger charge is -2.33. The molecule has 1 heterocycles. The van der Waals surface area contributed by atoms with Crippen molar-refractivity contribution >= 4 is 23.4 Å². The van der Waals surface area contributed by atoms with E-state index < -0.39 is 0 Å². The third kappa shape index (κ3) is 6.08. The summed E-state index contributed by atoms with van der Waals surface area (Å²) < 4.78 is 5.51. The Morgan fingerprint density at radius 1 is 1.17 bits per heavy atom. The van der Waals surface area contributed by atoms with Crippen LogP contribution in [0, 0.1) is 0 Å². The second-order valence-corrected chi connectivity index (χ2v) is 5.87. The number of amides is 2. The van der Waals surface area contributed by atoms with Crippen molar-refractivity contribution in [1.29, 1.82) is 0 Å². The summed E-state index contributed by atoms with van der Waals surface area (Å²) in [6.07, 6.45) is 0. The van der Waals surface area contributed by atoms with Gasteiger partial charge >= 0.3 is 0 Å². The highest BCUT2D eigenvalue weighted by molar-refractivity contribution is 6.30. The van der Waals surface area contributed by atoms with Crippen LogP contribution in [0.15, 0.2) is 24.3 Å². The molecular weight excluding hydrogens is 318 g/mol. The first-order chi connectivity index (χ1) is 11.0. The topological polar surface area (TPSA) is 61.9 Å². The number of piperazine rings is 1. The number of carbonyl (C=O) groups excluding carboxylic acids is 2. The molecule has 0 aliphatic carbocycles. The number of nitrogens with one attached hydrogen (secondary N) is 1. The molecule has 0 unspecified atom stereocenters. The van der Waals surface area contributed by atoms with Crippen LogP contribution in [0.2, 0.25) is 5.02 Å². The van der Waals surface area contributed by atoms with Crippen molar-refractivity contribution in [2.24, 2.45) is 0 Å². The van der Waals surface area contributed by atoms with Gasteiger partial charge in [0.1, 0.15) is 12.4 Å². The molecule has 0 radical (unpaired) electrons. The number of hydrogen-bond acceptors (Lipinski definition) is 4. The molecule has 1 aliphatic heterocycles. The number of nitrogens with zero attached hydrogens (tertiary/aromatic N) is 2. The number of halogens is 1. The molecule has 1 saturated heterocycles. The Morgan fingerprint density at radius 3 is 2.43 bits per heavy atom. The first-order valence-corrected chi connectivity index (χ1v) is 8.05. The first kappa shape index (κ1) is 17.6. The van der Waals surface area contributed by atoms with Crippen molar-refractivity contribution in [3.8, 4) is 5.75 Å². The molecule has 1 aromatic carbocycles. The zero-order valence-corrected chi connectivity index (χ0v) is 14.0. The van der Waals surface area contributed by atoms with Crippen LogP contribution in [-0.2, 0) is 9.59 Å². The monoisotopic (exact) mass is 339 g/mol. The normalized spacial score (nSPS) is 15.3. The fourth-order valence-corrected chi connectivity index (χ4v) is 2.50. The smallest absolute Gasteiger partial charge is 0.234 e. The van der Waals surface area contributed by atoms with E-state index in [4.69, 9.17) is 16.3 Å². The van der Waals surface area contributed by atoms with E-state index in [9.17, 15) is 9.59 Å². The van der Waals surface area contributed by atoms with Crippen LogP contribution in [0.1, 0.15) is 6.92 Å². The fourth-order valence-electron chi connectivity index (χ4n) is 2.37. The second-order valence-electron chi connectivity index (χ2n) is 5.43. The molecular formula is C16H22ClN3O3. The van der Waals surface area contributed by atoms with E-state index in [0.29, 0.717) is 37.8 Å². The van der Waals surface area contributed by atoms with Gasteiger partial charge in [-0.25, -0.2) is 0 Å². The second kappa shape index (κ2) is 8.74. The van der Waals surface area contributed by atoms with E-state index in [1.165, 1.54) is 0 Å².